The number of ether oxygens (including phenoxy) is 2. The van der Waals surface area contributed by atoms with Crippen molar-refractivity contribution >= 4 is 52.0 Å². The largest absolute Gasteiger partial charge is 0.486 e. The molecule has 0 radical (unpaired) electrons. The van der Waals surface area contributed by atoms with Gasteiger partial charge in [-0.1, -0.05) is 27.7 Å². The van der Waals surface area contributed by atoms with Gasteiger partial charge in [-0.2, -0.15) is 0 Å². The van der Waals surface area contributed by atoms with Gasteiger partial charge in [0.2, 0.25) is 0 Å². The number of esters is 1. The minimum Gasteiger partial charge on any atom is -0.486 e. The first-order chi connectivity index (χ1) is 12.0. The molecule has 0 N–H and O–H groups in total. The second-order valence-corrected chi connectivity index (χ2v) is 7.71. The Kier molecular flexibility index (Phi) is 5.85. The third kappa shape index (κ3) is 4.66. The van der Waals surface area contributed by atoms with Crippen LogP contribution in [0.4, 0.5) is 0 Å². The Labute approximate surface area is 161 Å². The average Bonchev–Trinajstić information content (AvgIpc) is 3.17. The molecule has 0 unspecified atom stereocenters. The average molecular weight is 416 g/mol. The molecule has 3 rings (SSSR count). The van der Waals surface area contributed by atoms with Crippen molar-refractivity contribution in [3.8, 4) is 5.75 Å². The highest BCUT2D eigenvalue weighted by Crippen LogP contribution is 2.23. The van der Waals surface area contributed by atoms with Crippen molar-refractivity contribution in [3.63, 3.8) is 0 Å². The summed E-state index contributed by atoms with van der Waals surface area (Å²) in [5, 5.41) is 5.11. The number of halogens is 2. The molecule has 0 aliphatic carbocycles. The fourth-order valence-corrected chi connectivity index (χ4v) is 3.46. The Morgan fingerprint density at radius 3 is 2.64 bits per heavy atom. The van der Waals surface area contributed by atoms with E-state index in [1.165, 1.54) is 11.3 Å². The van der Waals surface area contributed by atoms with Crippen LogP contribution >= 0.6 is 46.1 Å². The number of benzene rings is 1. The van der Waals surface area contributed by atoms with Gasteiger partial charge in [-0.15, -0.1) is 16.4 Å². The zero-order valence-electron chi connectivity index (χ0n) is 12.9. The van der Waals surface area contributed by atoms with E-state index in [2.05, 4.69) is 14.6 Å². The van der Waals surface area contributed by atoms with Gasteiger partial charge in [0.15, 0.2) is 0 Å². The van der Waals surface area contributed by atoms with Crippen LogP contribution in [-0.4, -0.2) is 20.5 Å². The fourth-order valence-electron chi connectivity index (χ4n) is 1.86. The number of aryl methyl sites for hydroxylation is 1. The van der Waals surface area contributed by atoms with Crippen molar-refractivity contribution < 1.29 is 14.3 Å². The van der Waals surface area contributed by atoms with Crippen LogP contribution in [0, 0.1) is 6.92 Å². The molecule has 0 saturated heterocycles. The number of carbonyl (C=O) groups is 1. The molecule has 1 aromatic carbocycles. The van der Waals surface area contributed by atoms with Crippen molar-refractivity contribution in [2.45, 2.75) is 20.1 Å². The smallest absolute Gasteiger partial charge is 0.350 e. The van der Waals surface area contributed by atoms with Gasteiger partial charge in [-0.25, -0.2) is 9.78 Å². The lowest BCUT2D eigenvalue weighted by atomic mass is 10.3. The molecule has 0 atom stereocenters. The van der Waals surface area contributed by atoms with Crippen molar-refractivity contribution in [1.29, 1.82) is 0 Å². The summed E-state index contributed by atoms with van der Waals surface area (Å²) in [7, 11) is 0. The zero-order valence-corrected chi connectivity index (χ0v) is 16.0. The van der Waals surface area contributed by atoms with Crippen LogP contribution in [0.2, 0.25) is 9.36 Å². The van der Waals surface area contributed by atoms with Crippen molar-refractivity contribution in [1.82, 2.24) is 14.6 Å². The van der Waals surface area contributed by atoms with Gasteiger partial charge < -0.3 is 9.47 Å². The summed E-state index contributed by atoms with van der Waals surface area (Å²) >= 11 is 14.0. The number of rotatable bonds is 6. The first-order valence-corrected chi connectivity index (χ1v) is 9.36. The van der Waals surface area contributed by atoms with E-state index in [1.807, 2.05) is 0 Å². The molecule has 2 aromatic heterocycles. The molecule has 2 heterocycles. The van der Waals surface area contributed by atoms with E-state index >= 15 is 0 Å². The maximum atomic E-state index is 12.2. The summed E-state index contributed by atoms with van der Waals surface area (Å²) < 4.78 is 14.9. The summed E-state index contributed by atoms with van der Waals surface area (Å²) in [6.45, 7) is 1.97. The summed E-state index contributed by atoms with van der Waals surface area (Å²) in [5.74, 6) is 0.198. The van der Waals surface area contributed by atoms with Crippen LogP contribution in [-0.2, 0) is 18.0 Å². The quantitative estimate of drug-likeness (QED) is 0.549. The summed E-state index contributed by atoms with van der Waals surface area (Å²) in [4.78, 5) is 17.0. The van der Waals surface area contributed by atoms with Crippen molar-refractivity contribution in [2.75, 3.05) is 0 Å². The van der Waals surface area contributed by atoms with Crippen molar-refractivity contribution in [3.05, 3.63) is 54.9 Å². The molecule has 0 bridgehead atoms. The molecule has 10 heteroatoms. The number of nitrogens with zero attached hydrogens (tertiary/aromatic N) is 3. The van der Waals surface area contributed by atoms with Gasteiger partial charge in [0.25, 0.3) is 0 Å². The first-order valence-electron chi connectivity index (χ1n) is 7.01. The molecule has 130 valence electrons. The molecule has 3 aromatic rings. The predicted octanol–water partition coefficient (Wildman–Crippen LogP) is 4.55. The SMILES string of the molecule is Cc1nc(COc2ccc(Cl)cc2)sc1C(=O)OCc1nnsc1Cl. The molecule has 0 saturated carbocycles. The second-order valence-electron chi connectivity index (χ2n) is 4.83. The molecule has 0 aliphatic rings. The van der Waals surface area contributed by atoms with E-state index in [4.69, 9.17) is 32.7 Å². The van der Waals surface area contributed by atoms with Crippen molar-refractivity contribution in [2.24, 2.45) is 0 Å². The van der Waals surface area contributed by atoms with Crippen LogP contribution in [0.25, 0.3) is 0 Å². The maximum Gasteiger partial charge on any atom is 0.350 e. The van der Waals surface area contributed by atoms with Crippen LogP contribution in [0.3, 0.4) is 0 Å². The lowest BCUT2D eigenvalue weighted by Gasteiger charge is -2.03. The fraction of sp³-hybridized carbons (Fsp3) is 0.200. The molecule has 0 aliphatic heterocycles. The van der Waals surface area contributed by atoms with Gasteiger partial charge >= 0.3 is 5.97 Å². The summed E-state index contributed by atoms with van der Waals surface area (Å²) in [6, 6.07) is 7.02. The standard InChI is InChI=1S/C15H11Cl2N3O3S2/c1-8-13(15(21)23-6-11-14(17)25-20-19-11)24-12(18-8)7-22-10-4-2-9(16)3-5-10/h2-5H,6-7H2,1H3. The van der Waals surface area contributed by atoms with Gasteiger partial charge in [0.05, 0.1) is 5.69 Å². The predicted molar refractivity (Wildman–Crippen MR) is 96.7 cm³/mol. The molecule has 0 fully saturated rings. The van der Waals surface area contributed by atoms with E-state index in [0.717, 1.165) is 11.5 Å². The Balaban J connectivity index is 1.60. The van der Waals surface area contributed by atoms with E-state index in [-0.39, 0.29) is 13.2 Å². The normalized spacial score (nSPS) is 10.7. The van der Waals surface area contributed by atoms with Crippen LogP contribution in [0.1, 0.15) is 26.1 Å². The Hall–Kier alpha value is -1.74. The Bertz CT molecular complexity index is 881. The molecular formula is C15H11Cl2N3O3S2. The summed E-state index contributed by atoms with van der Waals surface area (Å²) in [6.07, 6.45) is 0. The number of aromatic nitrogens is 3. The van der Waals surface area contributed by atoms with Crippen LogP contribution in [0.15, 0.2) is 24.3 Å². The Morgan fingerprint density at radius 2 is 1.96 bits per heavy atom. The van der Waals surface area contributed by atoms with E-state index in [1.54, 1.807) is 31.2 Å². The lowest BCUT2D eigenvalue weighted by Crippen LogP contribution is -2.05. The minimum atomic E-state index is -0.475. The van der Waals surface area contributed by atoms with Gasteiger partial charge in [-0.05, 0) is 31.2 Å². The topological polar surface area (TPSA) is 74.2 Å². The number of hydrogen-bond acceptors (Lipinski definition) is 8. The number of hydrogen-bond donors (Lipinski definition) is 0. The van der Waals surface area contributed by atoms with Crippen LogP contribution < -0.4 is 4.74 Å². The van der Waals surface area contributed by atoms with Gasteiger partial charge in [-0.3, -0.25) is 0 Å². The zero-order chi connectivity index (χ0) is 17.8. The number of thiazole rings is 1. The summed E-state index contributed by atoms with van der Waals surface area (Å²) in [5.41, 5.74) is 1.03. The molecule has 0 spiro atoms. The Morgan fingerprint density at radius 1 is 1.20 bits per heavy atom. The molecule has 0 amide bonds. The maximum absolute atomic E-state index is 12.2. The first kappa shape index (κ1) is 18.1. The molecular weight excluding hydrogens is 405 g/mol. The highest BCUT2D eigenvalue weighted by Gasteiger charge is 2.18. The van der Waals surface area contributed by atoms with E-state index in [9.17, 15) is 4.79 Å². The second kappa shape index (κ2) is 8.09. The molecule has 25 heavy (non-hydrogen) atoms. The third-order valence-electron chi connectivity index (χ3n) is 3.05. The third-order valence-corrected chi connectivity index (χ3v) is 5.40. The highest BCUT2D eigenvalue weighted by atomic mass is 35.5. The lowest BCUT2D eigenvalue weighted by molar-refractivity contribution is 0.0472. The van der Waals surface area contributed by atoms with E-state index < -0.39 is 5.97 Å². The van der Waals surface area contributed by atoms with E-state index in [0.29, 0.717) is 36.4 Å². The van der Waals surface area contributed by atoms with Gasteiger partial charge in [0, 0.05) is 16.6 Å². The molecule has 6 nitrogen and oxygen atoms in total. The van der Waals surface area contributed by atoms with Gasteiger partial charge in [0.1, 0.15) is 38.9 Å². The number of carbonyl (C=O) groups excluding carboxylic acids is 1. The monoisotopic (exact) mass is 415 g/mol. The van der Waals surface area contributed by atoms with Crippen LogP contribution in [0.5, 0.6) is 5.75 Å². The minimum absolute atomic E-state index is 0.0257. The highest BCUT2D eigenvalue weighted by molar-refractivity contribution is 7.13.